The molecule has 4 rings (SSSR count). The molecule has 0 spiro atoms. The summed E-state index contributed by atoms with van der Waals surface area (Å²) in [4.78, 5) is 2.68. The van der Waals surface area contributed by atoms with Crippen molar-refractivity contribution in [1.29, 1.82) is 0 Å². The largest absolute Gasteiger partial charge is 0.365 e. The summed E-state index contributed by atoms with van der Waals surface area (Å²) in [6.45, 7) is 6.03. The fourth-order valence-electron chi connectivity index (χ4n) is 3.72. The van der Waals surface area contributed by atoms with E-state index in [-0.39, 0.29) is 0 Å². The molecule has 0 saturated carbocycles. The molecule has 1 fully saturated rings. The van der Waals surface area contributed by atoms with E-state index in [0.717, 1.165) is 5.92 Å². The minimum Gasteiger partial charge on any atom is -0.365 e. The fourth-order valence-corrected chi connectivity index (χ4v) is 3.72. The van der Waals surface area contributed by atoms with Gasteiger partial charge in [0.15, 0.2) is 0 Å². The van der Waals surface area contributed by atoms with Crippen LogP contribution in [0.2, 0.25) is 0 Å². The van der Waals surface area contributed by atoms with Gasteiger partial charge in [-0.1, -0.05) is 12.2 Å². The highest BCUT2D eigenvalue weighted by atomic mass is 15.2. The summed E-state index contributed by atoms with van der Waals surface area (Å²) in [5.74, 6) is 0.724. The Bertz CT molecular complexity index is 453. The van der Waals surface area contributed by atoms with Crippen LogP contribution in [-0.4, -0.2) is 44.2 Å². The van der Waals surface area contributed by atoms with Gasteiger partial charge in [-0.05, 0) is 64.2 Å². The predicted octanol–water partition coefficient (Wildman–Crippen LogP) is 1.66. The average molecular weight is 259 g/mol. The van der Waals surface area contributed by atoms with E-state index >= 15 is 0 Å². The molecule has 1 atom stereocenters. The van der Waals surface area contributed by atoms with Gasteiger partial charge in [0.2, 0.25) is 0 Å². The lowest BCUT2D eigenvalue weighted by Gasteiger charge is -2.46. The van der Waals surface area contributed by atoms with Gasteiger partial charge >= 0.3 is 0 Å². The first-order chi connectivity index (χ1) is 9.19. The molecular formula is C16H25N3. The van der Waals surface area contributed by atoms with E-state index < -0.39 is 0 Å². The van der Waals surface area contributed by atoms with Crippen molar-refractivity contribution >= 4 is 0 Å². The topological polar surface area (TPSA) is 27.3 Å². The maximum atomic E-state index is 3.47. The number of hydrogen-bond acceptors (Lipinski definition) is 3. The molecule has 0 aromatic heterocycles. The summed E-state index contributed by atoms with van der Waals surface area (Å²) in [7, 11) is 3.75. The van der Waals surface area contributed by atoms with Crippen LogP contribution >= 0.6 is 0 Å². The Labute approximate surface area is 116 Å². The summed E-state index contributed by atoms with van der Waals surface area (Å²) < 4.78 is 0. The van der Waals surface area contributed by atoms with Gasteiger partial charge in [0.1, 0.15) is 0 Å². The van der Waals surface area contributed by atoms with Crippen LogP contribution in [0.4, 0.5) is 0 Å². The Kier molecular flexibility index (Phi) is 3.27. The second kappa shape index (κ2) is 4.80. The summed E-state index contributed by atoms with van der Waals surface area (Å²) in [5, 5.41) is 6.22. The van der Waals surface area contributed by atoms with Crippen LogP contribution in [0.1, 0.15) is 19.8 Å². The van der Waals surface area contributed by atoms with Crippen LogP contribution in [0, 0.1) is 5.92 Å². The molecule has 3 nitrogen and oxygen atoms in total. The van der Waals surface area contributed by atoms with Crippen molar-refractivity contribution in [3.8, 4) is 0 Å². The van der Waals surface area contributed by atoms with Gasteiger partial charge in [-0.25, -0.2) is 0 Å². The Morgan fingerprint density at radius 2 is 1.95 bits per heavy atom. The maximum absolute atomic E-state index is 3.47. The van der Waals surface area contributed by atoms with E-state index in [0.29, 0.717) is 5.54 Å². The molecule has 0 aromatic carbocycles. The lowest BCUT2D eigenvalue weighted by molar-refractivity contribution is 0.114. The molecule has 4 aliphatic rings. The van der Waals surface area contributed by atoms with Crippen LogP contribution in [0.5, 0.6) is 0 Å². The molecule has 0 radical (unpaired) electrons. The van der Waals surface area contributed by atoms with Gasteiger partial charge in [0, 0.05) is 23.7 Å². The Morgan fingerprint density at radius 3 is 2.53 bits per heavy atom. The van der Waals surface area contributed by atoms with E-state index in [1.807, 2.05) is 14.1 Å². The third-order valence-corrected chi connectivity index (χ3v) is 4.82. The van der Waals surface area contributed by atoms with Crippen LogP contribution < -0.4 is 10.6 Å². The van der Waals surface area contributed by atoms with E-state index in [1.54, 1.807) is 11.1 Å². The van der Waals surface area contributed by atoms with Crippen molar-refractivity contribution in [2.75, 3.05) is 33.7 Å². The van der Waals surface area contributed by atoms with Crippen LogP contribution in [0.25, 0.3) is 0 Å². The van der Waals surface area contributed by atoms with Gasteiger partial charge in [-0.15, -0.1) is 0 Å². The highest BCUT2D eigenvalue weighted by molar-refractivity contribution is 5.60. The summed E-state index contributed by atoms with van der Waals surface area (Å²) in [5.41, 5.74) is 5.08. The molecule has 4 bridgehead atoms. The molecule has 19 heavy (non-hydrogen) atoms. The highest BCUT2D eigenvalue weighted by Crippen LogP contribution is 2.50. The minimum atomic E-state index is 0.397. The smallest absolute Gasteiger partial charge is 0.0413 e. The van der Waals surface area contributed by atoms with Crippen molar-refractivity contribution < 1.29 is 0 Å². The zero-order valence-electron chi connectivity index (χ0n) is 12.3. The maximum Gasteiger partial charge on any atom is 0.0413 e. The number of hydrogen-bond donors (Lipinski definition) is 2. The monoisotopic (exact) mass is 259 g/mol. The Balaban J connectivity index is 0.000000339. The number of nitrogens with zero attached hydrogens (tertiary/aromatic N) is 1. The Hall–Kier alpha value is -1.06. The zero-order chi connectivity index (χ0) is 13.5. The van der Waals surface area contributed by atoms with E-state index in [2.05, 4.69) is 40.7 Å². The Morgan fingerprint density at radius 1 is 1.26 bits per heavy atom. The van der Waals surface area contributed by atoms with Gasteiger partial charge in [0.25, 0.3) is 0 Å². The van der Waals surface area contributed by atoms with Gasteiger partial charge in [0.05, 0.1) is 0 Å². The standard InChI is InChI=1S/C14H18N2.C2H7N/c1-14(4-6-15-7-5-14)16-9-12-10-2-3-11(12)13(16)8-10;1-3-2/h2-3,8,12,15H,4-7,9H2,1H3;3H,1-2H3. The molecule has 3 heteroatoms. The molecular weight excluding hydrogens is 234 g/mol. The summed E-state index contributed by atoms with van der Waals surface area (Å²) >= 11 is 0. The normalized spacial score (nSPS) is 29.5. The summed E-state index contributed by atoms with van der Waals surface area (Å²) in [6.07, 6.45) is 9.61. The number of piperidine rings is 1. The number of allylic oxidation sites excluding steroid dienone is 3. The van der Waals surface area contributed by atoms with E-state index in [9.17, 15) is 0 Å². The quantitative estimate of drug-likeness (QED) is 0.750. The van der Waals surface area contributed by atoms with E-state index in [4.69, 9.17) is 0 Å². The minimum absolute atomic E-state index is 0.397. The first-order valence-electron chi connectivity index (χ1n) is 7.40. The van der Waals surface area contributed by atoms with Crippen LogP contribution in [-0.2, 0) is 0 Å². The highest BCUT2D eigenvalue weighted by Gasteiger charge is 2.45. The third-order valence-electron chi connectivity index (χ3n) is 4.82. The van der Waals surface area contributed by atoms with Crippen LogP contribution in [0.15, 0.2) is 35.1 Å². The molecule has 0 aromatic rings. The van der Waals surface area contributed by atoms with Crippen molar-refractivity contribution in [1.82, 2.24) is 15.5 Å². The van der Waals surface area contributed by atoms with Gasteiger partial charge in [-0.2, -0.15) is 0 Å². The van der Waals surface area contributed by atoms with Gasteiger partial charge in [-0.3, -0.25) is 0 Å². The van der Waals surface area contributed by atoms with Crippen LogP contribution in [0.3, 0.4) is 0 Å². The molecule has 2 aliphatic heterocycles. The third kappa shape index (κ3) is 1.96. The number of nitrogens with one attached hydrogen (secondary N) is 2. The van der Waals surface area contributed by atoms with Gasteiger partial charge < -0.3 is 15.5 Å². The molecule has 0 amide bonds. The van der Waals surface area contributed by atoms with Crippen molar-refractivity contribution in [3.05, 3.63) is 35.1 Å². The number of rotatable bonds is 1. The molecule has 104 valence electrons. The van der Waals surface area contributed by atoms with Crippen molar-refractivity contribution in [2.24, 2.45) is 5.92 Å². The molecule has 1 unspecified atom stereocenters. The summed E-state index contributed by atoms with van der Waals surface area (Å²) in [6, 6.07) is 0. The first-order valence-corrected chi connectivity index (χ1v) is 7.40. The van der Waals surface area contributed by atoms with Crippen molar-refractivity contribution in [2.45, 2.75) is 25.3 Å². The molecule has 1 saturated heterocycles. The van der Waals surface area contributed by atoms with Crippen molar-refractivity contribution in [3.63, 3.8) is 0 Å². The second-order valence-corrected chi connectivity index (χ2v) is 6.23. The first kappa shape index (κ1) is 12.9. The lowest BCUT2D eigenvalue weighted by Crippen LogP contribution is -2.52. The SMILES string of the molecule is CC1(N2CC3C4=CC2=C3C=C4)CCNCC1.CNC. The predicted molar refractivity (Wildman–Crippen MR) is 79.9 cm³/mol. The average Bonchev–Trinajstić information content (AvgIpc) is 3.06. The fraction of sp³-hybridized carbons (Fsp3) is 0.625. The molecule has 2 N–H and O–H groups in total. The molecule has 2 heterocycles. The second-order valence-electron chi connectivity index (χ2n) is 6.23. The molecule has 2 aliphatic carbocycles. The lowest BCUT2D eigenvalue weighted by atomic mass is 9.87. The zero-order valence-corrected chi connectivity index (χ0v) is 12.3. The van der Waals surface area contributed by atoms with E-state index in [1.165, 1.54) is 38.2 Å².